The standard InChI is InChI=1S/C20H18N4O4S2/c25-18-5-2-8-23(18)15-4-1-3-14(12-15)21-19(26)13-6-7-16-17(11-13)29-20-22-30(27,28)10-9-24(16)20/h1,3-4,6-7,11-12H,2,5,8-10H2,(H,21,26). The topological polar surface area (TPSA) is 99.1 Å². The number of amides is 2. The zero-order chi connectivity index (χ0) is 20.9. The van der Waals surface area contributed by atoms with Crippen LogP contribution in [0, 0.1) is 0 Å². The van der Waals surface area contributed by atoms with Gasteiger partial charge >= 0.3 is 0 Å². The molecule has 1 N–H and O–H groups in total. The third kappa shape index (κ3) is 3.46. The second-order valence-electron chi connectivity index (χ2n) is 7.25. The molecule has 3 aliphatic rings. The van der Waals surface area contributed by atoms with E-state index >= 15 is 0 Å². The van der Waals surface area contributed by atoms with E-state index in [1.54, 1.807) is 29.2 Å². The van der Waals surface area contributed by atoms with E-state index in [0.717, 1.165) is 22.7 Å². The smallest absolute Gasteiger partial charge is 0.257 e. The minimum absolute atomic E-state index is 0.0192. The molecule has 8 nitrogen and oxygen atoms in total. The Balaban J connectivity index is 1.36. The summed E-state index contributed by atoms with van der Waals surface area (Å²) < 4.78 is 27.3. The number of benzene rings is 2. The predicted molar refractivity (Wildman–Crippen MR) is 117 cm³/mol. The van der Waals surface area contributed by atoms with Crippen LogP contribution in [0.1, 0.15) is 23.2 Å². The van der Waals surface area contributed by atoms with Gasteiger partial charge in [0, 0.05) is 41.3 Å². The summed E-state index contributed by atoms with van der Waals surface area (Å²) in [5.74, 6) is -0.201. The van der Waals surface area contributed by atoms with Crippen molar-refractivity contribution < 1.29 is 18.0 Å². The lowest BCUT2D eigenvalue weighted by molar-refractivity contribution is -0.117. The number of rotatable bonds is 3. The van der Waals surface area contributed by atoms with Crippen LogP contribution in [-0.2, 0) is 14.8 Å². The van der Waals surface area contributed by atoms with Crippen molar-refractivity contribution in [1.82, 2.24) is 0 Å². The molecule has 3 heterocycles. The third-order valence-corrected chi connectivity index (χ3v) is 7.53. The van der Waals surface area contributed by atoms with Gasteiger partial charge < -0.3 is 15.1 Å². The second-order valence-corrected chi connectivity index (χ2v) is 10.0. The van der Waals surface area contributed by atoms with Gasteiger partial charge in [0.15, 0.2) is 5.17 Å². The van der Waals surface area contributed by atoms with E-state index in [2.05, 4.69) is 9.71 Å². The highest BCUT2D eigenvalue weighted by atomic mass is 32.2. The monoisotopic (exact) mass is 442 g/mol. The molecule has 10 heteroatoms. The largest absolute Gasteiger partial charge is 0.322 e. The molecule has 2 aromatic carbocycles. The van der Waals surface area contributed by atoms with E-state index in [-0.39, 0.29) is 17.6 Å². The van der Waals surface area contributed by atoms with Crippen LogP contribution >= 0.6 is 11.8 Å². The summed E-state index contributed by atoms with van der Waals surface area (Å²) in [6.45, 7) is 1.04. The molecule has 0 atom stereocenters. The number of nitrogens with one attached hydrogen (secondary N) is 1. The van der Waals surface area contributed by atoms with E-state index in [9.17, 15) is 18.0 Å². The van der Waals surface area contributed by atoms with Gasteiger partial charge in [-0.05, 0) is 54.6 Å². The van der Waals surface area contributed by atoms with Gasteiger partial charge in [0.05, 0.1) is 11.4 Å². The summed E-state index contributed by atoms with van der Waals surface area (Å²) in [5, 5.41) is 3.31. The number of fused-ring (bicyclic) bond motifs is 3. The number of hydrogen-bond acceptors (Lipinski definition) is 6. The fourth-order valence-corrected chi connectivity index (χ4v) is 6.04. The molecule has 2 aromatic rings. The van der Waals surface area contributed by atoms with Crippen LogP contribution in [0.4, 0.5) is 17.1 Å². The van der Waals surface area contributed by atoms with Crippen LogP contribution in [0.2, 0.25) is 0 Å². The number of amidine groups is 1. The Labute approximate surface area is 178 Å². The maximum Gasteiger partial charge on any atom is 0.257 e. The summed E-state index contributed by atoms with van der Waals surface area (Å²) >= 11 is 1.25. The average molecular weight is 443 g/mol. The fourth-order valence-electron chi connectivity index (χ4n) is 3.75. The first-order chi connectivity index (χ1) is 14.4. The van der Waals surface area contributed by atoms with Gasteiger partial charge in [-0.15, -0.1) is 4.40 Å². The van der Waals surface area contributed by atoms with Gasteiger partial charge in [-0.2, -0.15) is 0 Å². The molecule has 0 aliphatic carbocycles. The molecule has 0 radical (unpaired) electrons. The first-order valence-corrected chi connectivity index (χ1v) is 12.0. The van der Waals surface area contributed by atoms with E-state index in [0.29, 0.717) is 35.9 Å². The van der Waals surface area contributed by atoms with Crippen LogP contribution in [0.25, 0.3) is 0 Å². The summed E-state index contributed by atoms with van der Waals surface area (Å²) in [4.78, 5) is 29.1. The highest BCUT2D eigenvalue weighted by Crippen LogP contribution is 2.42. The second kappa shape index (κ2) is 7.13. The molecule has 1 saturated heterocycles. The Bertz CT molecular complexity index is 1210. The number of carbonyl (C=O) groups excluding carboxylic acids is 2. The van der Waals surface area contributed by atoms with Crippen LogP contribution in [0.15, 0.2) is 51.8 Å². The number of sulfonamides is 1. The van der Waals surface area contributed by atoms with Gasteiger partial charge in [-0.25, -0.2) is 8.42 Å². The van der Waals surface area contributed by atoms with Crippen molar-refractivity contribution in [2.24, 2.45) is 4.40 Å². The maximum absolute atomic E-state index is 12.8. The normalized spacial score (nSPS) is 19.3. The zero-order valence-electron chi connectivity index (χ0n) is 15.9. The number of anilines is 3. The van der Waals surface area contributed by atoms with Crippen LogP contribution in [0.3, 0.4) is 0 Å². The fraction of sp³-hybridized carbons (Fsp3) is 0.250. The maximum atomic E-state index is 12.8. The van der Waals surface area contributed by atoms with Crippen molar-refractivity contribution >= 4 is 55.8 Å². The molecule has 1 fully saturated rings. The molecule has 0 spiro atoms. The molecular weight excluding hydrogens is 424 g/mol. The van der Waals surface area contributed by atoms with Crippen molar-refractivity contribution in [3.05, 3.63) is 48.0 Å². The number of thioether (sulfide) groups is 1. The average Bonchev–Trinajstić information content (AvgIpc) is 3.29. The van der Waals surface area contributed by atoms with Crippen molar-refractivity contribution in [3.63, 3.8) is 0 Å². The van der Waals surface area contributed by atoms with Gasteiger partial charge in [-0.3, -0.25) is 9.59 Å². The summed E-state index contributed by atoms with van der Waals surface area (Å²) in [6, 6.07) is 12.5. The lowest BCUT2D eigenvalue weighted by Gasteiger charge is -2.22. The van der Waals surface area contributed by atoms with E-state index < -0.39 is 10.0 Å². The van der Waals surface area contributed by atoms with Gasteiger partial charge in [0.25, 0.3) is 15.9 Å². The Kier molecular flexibility index (Phi) is 4.55. The third-order valence-electron chi connectivity index (χ3n) is 5.22. The zero-order valence-corrected chi connectivity index (χ0v) is 17.5. The predicted octanol–water partition coefficient (Wildman–Crippen LogP) is 2.68. The van der Waals surface area contributed by atoms with Crippen molar-refractivity contribution in [1.29, 1.82) is 0 Å². The molecule has 5 rings (SSSR count). The molecule has 0 unspecified atom stereocenters. The highest BCUT2D eigenvalue weighted by Gasteiger charge is 2.33. The molecule has 0 saturated carbocycles. The minimum Gasteiger partial charge on any atom is -0.322 e. The molecule has 0 bridgehead atoms. The summed E-state index contributed by atoms with van der Waals surface area (Å²) in [7, 11) is -3.42. The molecule has 0 aromatic heterocycles. The van der Waals surface area contributed by atoms with E-state index in [1.165, 1.54) is 11.8 Å². The quantitative estimate of drug-likeness (QED) is 0.785. The molecule has 3 aliphatic heterocycles. The Morgan fingerprint density at radius 1 is 1.10 bits per heavy atom. The van der Waals surface area contributed by atoms with Gasteiger partial charge in [-0.1, -0.05) is 6.07 Å². The number of hydrogen-bond donors (Lipinski definition) is 1. The SMILES string of the molecule is O=C(Nc1cccc(N2CCCC2=O)c1)c1ccc2c(c1)SC1=NS(=O)(=O)CCN12. The molecular formula is C20H18N4O4S2. The van der Waals surface area contributed by atoms with E-state index in [4.69, 9.17) is 0 Å². The lowest BCUT2D eigenvalue weighted by atomic mass is 10.1. The van der Waals surface area contributed by atoms with Crippen LogP contribution < -0.4 is 15.1 Å². The Morgan fingerprint density at radius 2 is 1.97 bits per heavy atom. The number of nitrogens with zero attached hydrogens (tertiary/aromatic N) is 3. The van der Waals surface area contributed by atoms with Crippen LogP contribution in [0.5, 0.6) is 0 Å². The van der Waals surface area contributed by atoms with E-state index in [1.807, 2.05) is 23.1 Å². The first kappa shape index (κ1) is 19.1. The Morgan fingerprint density at radius 3 is 2.77 bits per heavy atom. The van der Waals surface area contributed by atoms with Crippen LogP contribution in [-0.4, -0.2) is 44.2 Å². The highest BCUT2D eigenvalue weighted by molar-refractivity contribution is 8.15. The molecule has 30 heavy (non-hydrogen) atoms. The summed E-state index contributed by atoms with van der Waals surface area (Å²) in [6.07, 6.45) is 1.39. The van der Waals surface area contributed by atoms with Gasteiger partial charge in [0.2, 0.25) is 5.91 Å². The van der Waals surface area contributed by atoms with Crippen molar-refractivity contribution in [2.45, 2.75) is 17.7 Å². The van der Waals surface area contributed by atoms with Gasteiger partial charge in [0.1, 0.15) is 0 Å². The van der Waals surface area contributed by atoms with Crippen molar-refractivity contribution in [2.75, 3.05) is 34.0 Å². The first-order valence-electron chi connectivity index (χ1n) is 9.53. The number of carbonyl (C=O) groups is 2. The molecule has 154 valence electrons. The molecule has 2 amide bonds. The Hall–Kier alpha value is -2.85. The lowest BCUT2D eigenvalue weighted by Crippen LogP contribution is -2.35. The van der Waals surface area contributed by atoms with Crippen molar-refractivity contribution in [3.8, 4) is 0 Å². The summed E-state index contributed by atoms with van der Waals surface area (Å²) in [5.41, 5.74) is 2.71. The minimum atomic E-state index is -3.42.